The zero-order chi connectivity index (χ0) is 13.7. The third kappa shape index (κ3) is 1.57. The molecule has 2 aliphatic heterocycles. The second kappa shape index (κ2) is 3.99. The number of nitrogen functional groups attached to an aromatic ring is 1. The molecular weight excluding hydrogens is 258 g/mol. The predicted octanol–water partition coefficient (Wildman–Crippen LogP) is -0.475. The van der Waals surface area contributed by atoms with Crippen molar-refractivity contribution in [2.45, 2.75) is 6.04 Å². The molecule has 3 N–H and O–H groups in total. The predicted molar refractivity (Wildman–Crippen MR) is 73.5 cm³/mol. The lowest BCUT2D eigenvalue weighted by Gasteiger charge is -2.37. The number of hydrogen-bond acceptors (Lipinski definition) is 5. The van der Waals surface area contributed by atoms with Crippen molar-refractivity contribution in [1.82, 2.24) is 24.6 Å². The van der Waals surface area contributed by atoms with Crippen molar-refractivity contribution in [1.29, 1.82) is 0 Å². The number of fused-ring (bicyclic) bond motifs is 2. The summed E-state index contributed by atoms with van der Waals surface area (Å²) in [4.78, 5) is 24.4. The van der Waals surface area contributed by atoms with Gasteiger partial charge in [0.05, 0.1) is 12.2 Å². The largest absolute Gasteiger partial charge is 0.382 e. The maximum atomic E-state index is 11.6. The molecule has 2 saturated heterocycles. The summed E-state index contributed by atoms with van der Waals surface area (Å²) in [7, 11) is 0. The van der Waals surface area contributed by atoms with Crippen molar-refractivity contribution in [3.63, 3.8) is 0 Å². The van der Waals surface area contributed by atoms with Crippen molar-refractivity contribution in [3.05, 3.63) is 18.6 Å². The third-order valence-corrected chi connectivity index (χ3v) is 3.91. The Morgan fingerprint density at radius 3 is 3.20 bits per heavy atom. The smallest absolute Gasteiger partial charge is 0.317 e. The molecule has 1 atom stereocenters. The third-order valence-electron chi connectivity index (χ3n) is 3.91. The van der Waals surface area contributed by atoms with Gasteiger partial charge in [-0.2, -0.15) is 0 Å². The topological polar surface area (TPSA) is 91.8 Å². The van der Waals surface area contributed by atoms with Gasteiger partial charge in [0, 0.05) is 38.6 Å². The van der Waals surface area contributed by atoms with Gasteiger partial charge in [-0.3, -0.25) is 0 Å². The summed E-state index contributed by atoms with van der Waals surface area (Å²) in [6.45, 7) is 2.86. The molecule has 0 aliphatic carbocycles. The fourth-order valence-electron chi connectivity index (χ4n) is 2.94. The van der Waals surface area contributed by atoms with Crippen LogP contribution in [0, 0.1) is 0 Å². The van der Waals surface area contributed by atoms with E-state index < -0.39 is 0 Å². The fourth-order valence-corrected chi connectivity index (χ4v) is 2.94. The number of imidazole rings is 1. The maximum Gasteiger partial charge on any atom is 0.317 e. The van der Waals surface area contributed by atoms with E-state index in [-0.39, 0.29) is 12.1 Å². The van der Waals surface area contributed by atoms with Gasteiger partial charge in [-0.15, -0.1) is 0 Å². The van der Waals surface area contributed by atoms with Gasteiger partial charge in [0.1, 0.15) is 5.82 Å². The van der Waals surface area contributed by atoms with E-state index in [1.165, 1.54) is 0 Å². The first kappa shape index (κ1) is 11.3. The summed E-state index contributed by atoms with van der Waals surface area (Å²) in [5.74, 6) is 1.25. The lowest BCUT2D eigenvalue weighted by molar-refractivity contribution is 0.197. The number of piperazine rings is 1. The van der Waals surface area contributed by atoms with E-state index in [0.717, 1.165) is 24.6 Å². The number of nitrogens with zero attached hydrogens (tertiary/aromatic N) is 5. The Labute approximate surface area is 115 Å². The SMILES string of the molecule is Nc1cn2ccnc2c(N2CCN3C(=O)NCC3C2)n1. The van der Waals surface area contributed by atoms with Crippen LogP contribution in [0.4, 0.5) is 16.4 Å². The number of carbonyl (C=O) groups is 1. The van der Waals surface area contributed by atoms with Crippen LogP contribution in [0.1, 0.15) is 0 Å². The van der Waals surface area contributed by atoms with Crippen LogP contribution in [0.2, 0.25) is 0 Å². The van der Waals surface area contributed by atoms with Crippen molar-refractivity contribution < 1.29 is 4.79 Å². The minimum Gasteiger partial charge on any atom is -0.382 e. The Kier molecular flexibility index (Phi) is 2.26. The summed E-state index contributed by atoms with van der Waals surface area (Å²) in [6.07, 6.45) is 5.34. The molecular formula is C12H15N7O. The zero-order valence-electron chi connectivity index (χ0n) is 10.9. The van der Waals surface area contributed by atoms with Crippen LogP contribution in [0.25, 0.3) is 5.65 Å². The average molecular weight is 273 g/mol. The van der Waals surface area contributed by atoms with E-state index in [0.29, 0.717) is 18.9 Å². The van der Waals surface area contributed by atoms with E-state index >= 15 is 0 Å². The second-order valence-electron chi connectivity index (χ2n) is 5.13. The molecule has 4 heterocycles. The van der Waals surface area contributed by atoms with Gasteiger partial charge in [0.15, 0.2) is 11.5 Å². The molecule has 104 valence electrons. The molecule has 2 amide bonds. The molecule has 20 heavy (non-hydrogen) atoms. The van der Waals surface area contributed by atoms with Crippen LogP contribution >= 0.6 is 0 Å². The first-order valence-electron chi connectivity index (χ1n) is 6.61. The second-order valence-corrected chi connectivity index (χ2v) is 5.13. The molecule has 2 aromatic heterocycles. The van der Waals surface area contributed by atoms with E-state index in [1.54, 1.807) is 12.4 Å². The summed E-state index contributed by atoms with van der Waals surface area (Å²) in [5.41, 5.74) is 6.65. The number of anilines is 2. The Morgan fingerprint density at radius 1 is 1.40 bits per heavy atom. The molecule has 0 aromatic carbocycles. The number of rotatable bonds is 1. The number of urea groups is 1. The highest BCUT2D eigenvalue weighted by Crippen LogP contribution is 2.23. The van der Waals surface area contributed by atoms with Crippen molar-refractivity contribution in [2.24, 2.45) is 0 Å². The monoisotopic (exact) mass is 273 g/mol. The van der Waals surface area contributed by atoms with Gasteiger partial charge in [-0.05, 0) is 0 Å². The number of nitrogens with two attached hydrogens (primary N) is 1. The van der Waals surface area contributed by atoms with E-state index in [4.69, 9.17) is 5.73 Å². The van der Waals surface area contributed by atoms with Crippen LogP contribution in [0.5, 0.6) is 0 Å². The maximum absolute atomic E-state index is 11.6. The molecule has 1 unspecified atom stereocenters. The van der Waals surface area contributed by atoms with Gasteiger partial charge in [0.2, 0.25) is 0 Å². The van der Waals surface area contributed by atoms with Crippen molar-refractivity contribution >= 4 is 23.3 Å². The van der Waals surface area contributed by atoms with Gasteiger partial charge in [-0.25, -0.2) is 14.8 Å². The molecule has 2 fully saturated rings. The highest BCUT2D eigenvalue weighted by molar-refractivity contribution is 5.78. The lowest BCUT2D eigenvalue weighted by Crippen LogP contribution is -2.52. The molecule has 2 aromatic rings. The van der Waals surface area contributed by atoms with Crippen LogP contribution < -0.4 is 16.0 Å². The van der Waals surface area contributed by atoms with Crippen LogP contribution in [-0.4, -0.2) is 57.5 Å². The van der Waals surface area contributed by atoms with Crippen molar-refractivity contribution in [2.75, 3.05) is 36.8 Å². The summed E-state index contributed by atoms with van der Waals surface area (Å²) < 4.78 is 1.88. The van der Waals surface area contributed by atoms with E-state index in [9.17, 15) is 4.79 Å². The van der Waals surface area contributed by atoms with Crippen LogP contribution in [-0.2, 0) is 0 Å². The summed E-state index contributed by atoms with van der Waals surface area (Å²) in [5, 5.41) is 2.87. The minimum absolute atomic E-state index is 0.0288. The Morgan fingerprint density at radius 2 is 2.30 bits per heavy atom. The van der Waals surface area contributed by atoms with Crippen LogP contribution in [0.3, 0.4) is 0 Å². The highest BCUT2D eigenvalue weighted by Gasteiger charge is 2.36. The molecule has 0 radical (unpaired) electrons. The number of carbonyl (C=O) groups excluding carboxylic acids is 1. The quantitative estimate of drug-likeness (QED) is 0.732. The van der Waals surface area contributed by atoms with Crippen LogP contribution in [0.15, 0.2) is 18.6 Å². The van der Waals surface area contributed by atoms with Gasteiger partial charge >= 0.3 is 6.03 Å². The number of aromatic nitrogens is 3. The Bertz CT molecular complexity index is 681. The lowest BCUT2D eigenvalue weighted by atomic mass is 10.2. The number of nitrogens with one attached hydrogen (secondary N) is 1. The zero-order valence-corrected chi connectivity index (χ0v) is 10.9. The Balaban J connectivity index is 1.70. The summed E-state index contributed by atoms with van der Waals surface area (Å²) >= 11 is 0. The highest BCUT2D eigenvalue weighted by atomic mass is 16.2. The molecule has 0 spiro atoms. The van der Waals surface area contributed by atoms with Gasteiger partial charge < -0.3 is 25.3 Å². The standard InChI is InChI=1S/C12H15N7O/c13-9-7-17-2-1-14-10(17)11(16-9)18-3-4-19-8(6-18)5-15-12(19)20/h1-2,7-8H,3-6,13H2,(H,15,20). The van der Waals surface area contributed by atoms with Gasteiger partial charge in [0.25, 0.3) is 0 Å². The normalized spacial score (nSPS) is 22.2. The molecule has 8 heteroatoms. The first-order valence-corrected chi connectivity index (χ1v) is 6.61. The van der Waals surface area contributed by atoms with E-state index in [2.05, 4.69) is 20.2 Å². The first-order chi connectivity index (χ1) is 9.72. The van der Waals surface area contributed by atoms with E-state index in [1.807, 2.05) is 15.5 Å². The fraction of sp³-hybridized carbons (Fsp3) is 0.417. The molecule has 8 nitrogen and oxygen atoms in total. The summed E-state index contributed by atoms with van der Waals surface area (Å²) in [6, 6.07) is 0.218. The molecule has 0 bridgehead atoms. The minimum atomic E-state index is 0.0288. The molecule has 0 saturated carbocycles. The Hall–Kier alpha value is -2.51. The average Bonchev–Trinajstić information content (AvgIpc) is 3.04. The number of hydrogen-bond donors (Lipinski definition) is 2. The molecule has 4 rings (SSSR count). The number of amides is 2. The molecule has 2 aliphatic rings. The van der Waals surface area contributed by atoms with Gasteiger partial charge in [-0.1, -0.05) is 0 Å². The van der Waals surface area contributed by atoms with Crippen molar-refractivity contribution in [3.8, 4) is 0 Å².